The first-order chi connectivity index (χ1) is 7.31. The summed E-state index contributed by atoms with van der Waals surface area (Å²) in [6.45, 7) is 0. The van der Waals surface area contributed by atoms with Gasteiger partial charge in [-0.3, -0.25) is 0 Å². The van der Waals surface area contributed by atoms with Crippen molar-refractivity contribution >= 4 is 5.97 Å². The molecule has 0 spiro atoms. The van der Waals surface area contributed by atoms with E-state index in [4.69, 9.17) is 0 Å². The molecule has 0 atom stereocenters. The Morgan fingerprint density at radius 3 is 2.87 bits per heavy atom. The molecule has 0 aliphatic rings. The third-order valence-corrected chi connectivity index (χ3v) is 1.99. The fraction of sp³-hybridized carbons (Fsp3) is 0.100. The standard InChI is InChI=1S/C10H9N3O2/c1-15-10(14)9-3-2-8(13-9)7-4-5-11-12-6-7/h2-6,13H,1H3. The van der Waals surface area contributed by atoms with Gasteiger partial charge < -0.3 is 9.72 Å². The molecular weight excluding hydrogens is 194 g/mol. The van der Waals surface area contributed by atoms with Crippen molar-refractivity contribution in [2.75, 3.05) is 7.11 Å². The minimum absolute atomic E-state index is 0.386. The van der Waals surface area contributed by atoms with E-state index in [0.717, 1.165) is 11.3 Å². The maximum absolute atomic E-state index is 11.2. The molecule has 0 bridgehead atoms. The molecule has 2 aromatic heterocycles. The van der Waals surface area contributed by atoms with Crippen molar-refractivity contribution in [3.05, 3.63) is 36.3 Å². The molecule has 0 amide bonds. The van der Waals surface area contributed by atoms with Crippen LogP contribution in [0.3, 0.4) is 0 Å². The number of H-pyrrole nitrogens is 1. The molecule has 2 aromatic rings. The number of methoxy groups -OCH3 is 1. The number of esters is 1. The number of carbonyl (C=O) groups is 1. The first-order valence-electron chi connectivity index (χ1n) is 4.35. The minimum atomic E-state index is -0.386. The highest BCUT2D eigenvalue weighted by molar-refractivity contribution is 5.88. The van der Waals surface area contributed by atoms with Gasteiger partial charge in [0, 0.05) is 11.3 Å². The van der Waals surface area contributed by atoms with Gasteiger partial charge in [0.15, 0.2) is 0 Å². The van der Waals surface area contributed by atoms with Crippen molar-refractivity contribution in [3.8, 4) is 11.3 Å². The number of carbonyl (C=O) groups excluding carboxylic acids is 1. The Bertz CT molecular complexity index is 465. The van der Waals surface area contributed by atoms with Crippen molar-refractivity contribution in [1.29, 1.82) is 0 Å². The molecule has 0 fully saturated rings. The molecule has 0 aliphatic carbocycles. The average Bonchev–Trinajstić information content (AvgIpc) is 2.78. The average molecular weight is 203 g/mol. The summed E-state index contributed by atoms with van der Waals surface area (Å²) in [5.74, 6) is -0.386. The highest BCUT2D eigenvalue weighted by atomic mass is 16.5. The van der Waals surface area contributed by atoms with Gasteiger partial charge >= 0.3 is 5.97 Å². The van der Waals surface area contributed by atoms with Crippen molar-refractivity contribution in [2.45, 2.75) is 0 Å². The number of aromatic amines is 1. The fourth-order valence-electron chi connectivity index (χ4n) is 1.24. The molecule has 0 aromatic carbocycles. The minimum Gasteiger partial charge on any atom is -0.464 e. The van der Waals surface area contributed by atoms with Gasteiger partial charge in [-0.2, -0.15) is 10.2 Å². The molecule has 5 heteroatoms. The van der Waals surface area contributed by atoms with Crippen LogP contribution in [0.2, 0.25) is 0 Å². The lowest BCUT2D eigenvalue weighted by atomic mass is 10.2. The normalized spacial score (nSPS) is 9.93. The smallest absolute Gasteiger partial charge is 0.354 e. The largest absolute Gasteiger partial charge is 0.464 e. The zero-order chi connectivity index (χ0) is 10.7. The predicted molar refractivity (Wildman–Crippen MR) is 53.2 cm³/mol. The Balaban J connectivity index is 2.32. The van der Waals surface area contributed by atoms with Crippen LogP contribution < -0.4 is 0 Å². The van der Waals surface area contributed by atoms with E-state index < -0.39 is 0 Å². The van der Waals surface area contributed by atoms with Gasteiger partial charge in [-0.15, -0.1) is 0 Å². The zero-order valence-electron chi connectivity index (χ0n) is 8.10. The Kier molecular flexibility index (Phi) is 2.45. The summed E-state index contributed by atoms with van der Waals surface area (Å²) in [6.07, 6.45) is 3.21. The first-order valence-corrected chi connectivity index (χ1v) is 4.35. The molecule has 0 aliphatic heterocycles. The van der Waals surface area contributed by atoms with Gasteiger partial charge in [0.1, 0.15) is 5.69 Å². The molecule has 0 radical (unpaired) electrons. The quantitative estimate of drug-likeness (QED) is 0.746. The van der Waals surface area contributed by atoms with Crippen molar-refractivity contribution in [1.82, 2.24) is 15.2 Å². The number of nitrogens with one attached hydrogen (secondary N) is 1. The summed E-state index contributed by atoms with van der Waals surface area (Å²) < 4.78 is 4.59. The summed E-state index contributed by atoms with van der Waals surface area (Å²) >= 11 is 0. The summed E-state index contributed by atoms with van der Waals surface area (Å²) in [7, 11) is 1.34. The number of ether oxygens (including phenoxy) is 1. The zero-order valence-corrected chi connectivity index (χ0v) is 8.10. The van der Waals surface area contributed by atoms with E-state index in [1.807, 2.05) is 0 Å². The molecule has 76 valence electrons. The first kappa shape index (κ1) is 9.39. The molecule has 2 heterocycles. The van der Waals surface area contributed by atoms with E-state index in [9.17, 15) is 4.79 Å². The SMILES string of the molecule is COC(=O)c1ccc(-c2ccnnc2)[nH]1. The third-order valence-electron chi connectivity index (χ3n) is 1.99. The van der Waals surface area contributed by atoms with Crippen LogP contribution in [0.1, 0.15) is 10.5 Å². The summed E-state index contributed by atoms with van der Waals surface area (Å²) in [5, 5.41) is 7.42. The highest BCUT2D eigenvalue weighted by Gasteiger charge is 2.08. The van der Waals surface area contributed by atoms with E-state index in [2.05, 4.69) is 19.9 Å². The van der Waals surface area contributed by atoms with Gasteiger partial charge in [0.25, 0.3) is 0 Å². The number of nitrogens with zero attached hydrogens (tertiary/aromatic N) is 2. The highest BCUT2D eigenvalue weighted by Crippen LogP contribution is 2.16. The van der Waals surface area contributed by atoms with Crippen molar-refractivity contribution < 1.29 is 9.53 Å². The number of aromatic nitrogens is 3. The number of rotatable bonds is 2. The van der Waals surface area contributed by atoms with Crippen LogP contribution in [0.4, 0.5) is 0 Å². The Morgan fingerprint density at radius 2 is 2.20 bits per heavy atom. The van der Waals surface area contributed by atoms with E-state index >= 15 is 0 Å². The molecular formula is C10H9N3O2. The second kappa shape index (κ2) is 3.91. The van der Waals surface area contributed by atoms with Crippen LogP contribution in [0.25, 0.3) is 11.3 Å². The lowest BCUT2D eigenvalue weighted by Crippen LogP contribution is -2.00. The number of hydrogen-bond donors (Lipinski definition) is 1. The number of hydrogen-bond acceptors (Lipinski definition) is 4. The van der Waals surface area contributed by atoms with E-state index in [1.165, 1.54) is 7.11 Å². The van der Waals surface area contributed by atoms with Gasteiger partial charge in [-0.05, 0) is 18.2 Å². The molecule has 15 heavy (non-hydrogen) atoms. The summed E-state index contributed by atoms with van der Waals surface area (Å²) in [4.78, 5) is 14.1. The Hall–Kier alpha value is -2.17. The molecule has 1 N–H and O–H groups in total. The molecule has 0 saturated heterocycles. The van der Waals surface area contributed by atoms with Crippen LogP contribution in [0, 0.1) is 0 Å². The monoisotopic (exact) mass is 203 g/mol. The van der Waals surface area contributed by atoms with Crippen LogP contribution in [-0.4, -0.2) is 28.3 Å². The van der Waals surface area contributed by atoms with E-state index in [-0.39, 0.29) is 5.97 Å². The fourth-order valence-corrected chi connectivity index (χ4v) is 1.24. The van der Waals surface area contributed by atoms with Gasteiger partial charge in [0.2, 0.25) is 0 Å². The molecule has 2 rings (SSSR count). The van der Waals surface area contributed by atoms with E-state index in [1.54, 1.807) is 30.6 Å². The van der Waals surface area contributed by atoms with Gasteiger partial charge in [-0.1, -0.05) is 0 Å². The van der Waals surface area contributed by atoms with Crippen LogP contribution in [0.15, 0.2) is 30.6 Å². The van der Waals surface area contributed by atoms with E-state index in [0.29, 0.717) is 5.69 Å². The Morgan fingerprint density at radius 1 is 1.33 bits per heavy atom. The molecule has 0 saturated carbocycles. The maximum Gasteiger partial charge on any atom is 0.354 e. The second-order valence-corrected chi connectivity index (χ2v) is 2.91. The van der Waals surface area contributed by atoms with Gasteiger partial charge in [-0.25, -0.2) is 4.79 Å². The topological polar surface area (TPSA) is 67.9 Å². The lowest BCUT2D eigenvalue weighted by Gasteiger charge is -1.96. The second-order valence-electron chi connectivity index (χ2n) is 2.91. The Labute approximate surface area is 86.1 Å². The van der Waals surface area contributed by atoms with Crippen molar-refractivity contribution in [2.24, 2.45) is 0 Å². The van der Waals surface area contributed by atoms with Crippen LogP contribution >= 0.6 is 0 Å². The molecule has 0 unspecified atom stereocenters. The van der Waals surface area contributed by atoms with Crippen molar-refractivity contribution in [3.63, 3.8) is 0 Å². The lowest BCUT2D eigenvalue weighted by molar-refractivity contribution is 0.0595. The van der Waals surface area contributed by atoms with Crippen LogP contribution in [0.5, 0.6) is 0 Å². The predicted octanol–water partition coefficient (Wildman–Crippen LogP) is 1.26. The molecule has 5 nitrogen and oxygen atoms in total. The third kappa shape index (κ3) is 1.85. The summed E-state index contributed by atoms with van der Waals surface area (Å²) in [5.41, 5.74) is 2.11. The van der Waals surface area contributed by atoms with Crippen LogP contribution in [-0.2, 0) is 4.74 Å². The van der Waals surface area contributed by atoms with Gasteiger partial charge in [0.05, 0.1) is 19.5 Å². The maximum atomic E-state index is 11.2. The summed E-state index contributed by atoms with van der Waals surface area (Å²) in [6, 6.07) is 5.27.